The van der Waals surface area contributed by atoms with Gasteiger partial charge in [-0.05, 0) is 12.0 Å². The molecule has 9 heteroatoms. The van der Waals surface area contributed by atoms with E-state index in [1.807, 2.05) is 42.5 Å². The van der Waals surface area contributed by atoms with Gasteiger partial charge in [0.2, 0.25) is 0 Å². The molecule has 0 spiro atoms. The Balaban J connectivity index is 1.75. The Bertz CT molecular complexity index is 1400. The molecule has 1 amide bonds. The van der Waals surface area contributed by atoms with Crippen molar-refractivity contribution in [3.8, 4) is 22.6 Å². The molecule has 3 aromatic carbocycles. The van der Waals surface area contributed by atoms with Gasteiger partial charge in [-0.1, -0.05) is 91.0 Å². The fourth-order valence-corrected chi connectivity index (χ4v) is 4.10. The summed E-state index contributed by atoms with van der Waals surface area (Å²) in [6, 6.07) is 25.6. The monoisotopic (exact) mass is 516 g/mol. The first-order chi connectivity index (χ1) is 18.5. The normalized spacial score (nSPS) is 12.5. The van der Waals surface area contributed by atoms with E-state index in [0.29, 0.717) is 16.8 Å². The summed E-state index contributed by atoms with van der Waals surface area (Å²) in [7, 11) is 1.23. The number of amides is 1. The number of hydrogen-bond donors (Lipinski definition) is 2. The highest BCUT2D eigenvalue weighted by molar-refractivity contribution is 5.83. The van der Waals surface area contributed by atoms with Gasteiger partial charge in [0.15, 0.2) is 5.76 Å². The summed E-state index contributed by atoms with van der Waals surface area (Å²) in [5, 5.41) is 11.1. The molecule has 0 radical (unpaired) electrons. The van der Waals surface area contributed by atoms with Gasteiger partial charge in [-0.15, -0.1) is 0 Å². The van der Waals surface area contributed by atoms with Gasteiger partial charge in [0.05, 0.1) is 25.5 Å². The molecule has 9 nitrogen and oxygen atoms in total. The number of esters is 1. The largest absolute Gasteiger partial charge is 0.469 e. The first-order valence-electron chi connectivity index (χ1n) is 12.1. The molecule has 1 heterocycles. The third-order valence-electron chi connectivity index (χ3n) is 5.96. The lowest BCUT2D eigenvalue weighted by molar-refractivity contribution is -0.145. The summed E-state index contributed by atoms with van der Waals surface area (Å²) in [5.41, 5.74) is 4.68. The van der Waals surface area contributed by atoms with E-state index in [1.165, 1.54) is 7.11 Å². The number of hydroxylamine groups is 1. The van der Waals surface area contributed by atoms with Crippen LogP contribution < -0.4 is 11.2 Å². The second-order valence-electron chi connectivity index (χ2n) is 8.52. The number of carbonyl (C=O) groups excluding carboxylic acids is 2. The Labute approximate surface area is 219 Å². The minimum absolute atomic E-state index is 0.0681. The second-order valence-corrected chi connectivity index (χ2v) is 8.52. The molecule has 0 saturated heterocycles. The maximum atomic E-state index is 13.5. The summed E-state index contributed by atoms with van der Waals surface area (Å²) >= 11 is 0. The number of methoxy groups -OCH3 is 1. The number of ether oxygens (including phenoxy) is 1. The zero-order valence-corrected chi connectivity index (χ0v) is 20.8. The number of oxazole rings is 1. The van der Waals surface area contributed by atoms with Crippen molar-refractivity contribution in [2.24, 2.45) is 0 Å². The Morgan fingerprint density at radius 2 is 1.50 bits per heavy atom. The summed E-state index contributed by atoms with van der Waals surface area (Å²) in [5.74, 6) is -1.94. The van der Waals surface area contributed by atoms with Crippen molar-refractivity contribution in [1.29, 1.82) is 0 Å². The number of nitrogens with one attached hydrogen (secondary N) is 1. The van der Waals surface area contributed by atoms with Crippen molar-refractivity contribution in [1.82, 2.24) is 10.0 Å². The summed E-state index contributed by atoms with van der Waals surface area (Å²) in [4.78, 5) is 44.0. The molecule has 2 atom stereocenters. The van der Waals surface area contributed by atoms with Gasteiger partial charge in [0.25, 0.3) is 5.91 Å². The molecule has 0 fully saturated rings. The number of aliphatic hydroxyl groups is 1. The summed E-state index contributed by atoms with van der Waals surface area (Å²) in [6.07, 6.45) is -1.75. The summed E-state index contributed by atoms with van der Waals surface area (Å²) < 4.78 is 11.5. The molecule has 1 aromatic heterocycles. The van der Waals surface area contributed by atoms with Crippen LogP contribution >= 0.6 is 0 Å². The predicted molar refractivity (Wildman–Crippen MR) is 140 cm³/mol. The molecular weight excluding hydrogens is 488 g/mol. The maximum Gasteiger partial charge on any atom is 0.420 e. The van der Waals surface area contributed by atoms with Crippen molar-refractivity contribution in [3.63, 3.8) is 0 Å². The molecule has 0 bridgehead atoms. The predicted octanol–water partition coefficient (Wildman–Crippen LogP) is 3.88. The quantitative estimate of drug-likeness (QED) is 0.229. The average Bonchev–Trinajstić information content (AvgIpc) is 3.29. The number of aliphatic hydroxyl groups excluding tert-OH is 1. The first-order valence-corrected chi connectivity index (χ1v) is 12.1. The fourth-order valence-electron chi connectivity index (χ4n) is 4.10. The van der Waals surface area contributed by atoms with Crippen molar-refractivity contribution in [2.45, 2.75) is 31.6 Å². The van der Waals surface area contributed by atoms with Crippen LogP contribution in [0.3, 0.4) is 0 Å². The van der Waals surface area contributed by atoms with Gasteiger partial charge in [-0.3, -0.25) is 19.0 Å². The van der Waals surface area contributed by atoms with Crippen LogP contribution in [0.1, 0.15) is 24.4 Å². The van der Waals surface area contributed by atoms with E-state index in [2.05, 4.69) is 10.2 Å². The molecule has 0 aliphatic carbocycles. The fraction of sp³-hybridized carbons (Fsp3) is 0.207. The van der Waals surface area contributed by atoms with Gasteiger partial charge in [0, 0.05) is 17.5 Å². The third-order valence-corrected chi connectivity index (χ3v) is 5.96. The van der Waals surface area contributed by atoms with E-state index >= 15 is 0 Å². The van der Waals surface area contributed by atoms with Gasteiger partial charge >= 0.3 is 11.7 Å². The number of benzene rings is 3. The van der Waals surface area contributed by atoms with Crippen LogP contribution in [0.4, 0.5) is 0 Å². The van der Waals surface area contributed by atoms with Crippen LogP contribution in [0.25, 0.3) is 22.6 Å². The maximum absolute atomic E-state index is 13.5. The topological polar surface area (TPSA) is 120 Å². The number of hydrogen-bond acceptors (Lipinski definition) is 7. The smallest absolute Gasteiger partial charge is 0.420 e. The standard InChI is InChI=1S/C29H28N2O7/c1-36-24(33)18-17-23(32)26(28(34)30-37-19-20-11-5-2-6-12-20)31-25(21-13-7-3-8-14-21)27(38-29(31)35)22-15-9-4-10-16-22/h2-16,23,26,32H,17-19H2,1H3,(H,30,34)/t23-,26-/m0/s1. The molecule has 0 aliphatic heterocycles. The molecule has 0 saturated carbocycles. The minimum atomic E-state index is -1.47. The minimum Gasteiger partial charge on any atom is -0.469 e. The van der Waals surface area contributed by atoms with E-state index in [-0.39, 0.29) is 25.2 Å². The van der Waals surface area contributed by atoms with E-state index in [4.69, 9.17) is 9.25 Å². The molecule has 0 unspecified atom stereocenters. The van der Waals surface area contributed by atoms with E-state index in [1.54, 1.807) is 48.5 Å². The highest BCUT2D eigenvalue weighted by Crippen LogP contribution is 2.34. The van der Waals surface area contributed by atoms with E-state index < -0.39 is 29.8 Å². The second kappa shape index (κ2) is 12.7. The molecule has 2 N–H and O–H groups in total. The van der Waals surface area contributed by atoms with Crippen molar-refractivity contribution in [3.05, 3.63) is 107 Å². The van der Waals surface area contributed by atoms with Gasteiger partial charge in [-0.2, -0.15) is 0 Å². The average molecular weight is 517 g/mol. The van der Waals surface area contributed by atoms with Crippen LogP contribution in [0.2, 0.25) is 0 Å². The van der Waals surface area contributed by atoms with Gasteiger partial charge in [0.1, 0.15) is 6.04 Å². The van der Waals surface area contributed by atoms with Gasteiger partial charge < -0.3 is 14.3 Å². The molecule has 4 aromatic rings. The molecule has 0 aliphatic rings. The lowest BCUT2D eigenvalue weighted by atomic mass is 10.0. The van der Waals surface area contributed by atoms with Crippen LogP contribution in [-0.2, 0) is 25.8 Å². The number of nitrogens with zero attached hydrogens (tertiary/aromatic N) is 1. The SMILES string of the molecule is COC(=O)CC[C@H](O)[C@@H](C(=O)NOCc1ccccc1)n1c(-c2ccccc2)c(-c2ccccc2)oc1=O. The van der Waals surface area contributed by atoms with E-state index in [0.717, 1.165) is 10.1 Å². The van der Waals surface area contributed by atoms with Crippen molar-refractivity contribution in [2.75, 3.05) is 7.11 Å². The molecule has 38 heavy (non-hydrogen) atoms. The van der Waals surface area contributed by atoms with Crippen LogP contribution in [0, 0.1) is 0 Å². The van der Waals surface area contributed by atoms with Crippen molar-refractivity contribution >= 4 is 11.9 Å². The zero-order valence-electron chi connectivity index (χ0n) is 20.8. The van der Waals surface area contributed by atoms with Crippen LogP contribution in [0.5, 0.6) is 0 Å². The van der Waals surface area contributed by atoms with Crippen molar-refractivity contribution < 1.29 is 28.7 Å². The lowest BCUT2D eigenvalue weighted by Gasteiger charge is -2.24. The molecule has 4 rings (SSSR count). The van der Waals surface area contributed by atoms with Crippen LogP contribution in [0.15, 0.2) is 100 Å². The number of rotatable bonds is 11. The number of aromatic nitrogens is 1. The Morgan fingerprint density at radius 1 is 0.921 bits per heavy atom. The number of carbonyl (C=O) groups is 2. The molecule has 196 valence electrons. The van der Waals surface area contributed by atoms with Gasteiger partial charge in [-0.25, -0.2) is 10.3 Å². The molecular formula is C29H28N2O7. The van der Waals surface area contributed by atoms with Crippen LogP contribution in [-0.4, -0.2) is 34.8 Å². The Morgan fingerprint density at radius 3 is 2.11 bits per heavy atom. The van der Waals surface area contributed by atoms with E-state index in [9.17, 15) is 19.5 Å². The Hall–Kier alpha value is -4.47. The first kappa shape index (κ1) is 26.6. The summed E-state index contributed by atoms with van der Waals surface area (Å²) in [6.45, 7) is 0.0681. The Kier molecular flexibility index (Phi) is 8.86. The highest BCUT2D eigenvalue weighted by Gasteiger charge is 2.35. The third kappa shape index (κ3) is 6.26. The zero-order chi connectivity index (χ0) is 26.9. The highest BCUT2D eigenvalue weighted by atomic mass is 16.7. The lowest BCUT2D eigenvalue weighted by Crippen LogP contribution is -2.43.